The second-order valence-electron chi connectivity index (χ2n) is 5.75. The van der Waals surface area contributed by atoms with Gasteiger partial charge in [0.15, 0.2) is 0 Å². The highest BCUT2D eigenvalue weighted by Gasteiger charge is 2.29. The molecule has 2 aromatic rings. The van der Waals surface area contributed by atoms with E-state index in [-0.39, 0.29) is 6.04 Å². The Balaban J connectivity index is 2.07. The van der Waals surface area contributed by atoms with E-state index in [9.17, 15) is 8.42 Å². The van der Waals surface area contributed by atoms with Crippen molar-refractivity contribution in [1.82, 2.24) is 13.9 Å². The van der Waals surface area contributed by atoms with Crippen LogP contribution in [0.1, 0.15) is 24.6 Å². The van der Waals surface area contributed by atoms with Gasteiger partial charge in [-0.15, -0.1) is 0 Å². The molecule has 1 aliphatic heterocycles. The summed E-state index contributed by atoms with van der Waals surface area (Å²) < 4.78 is 27.3. The topological polar surface area (TPSA) is 55.2 Å². The van der Waals surface area contributed by atoms with Crippen molar-refractivity contribution in [2.45, 2.75) is 38.8 Å². The maximum Gasteiger partial charge on any atom is 0.211 e. The molecule has 1 unspecified atom stereocenters. The van der Waals surface area contributed by atoms with Crippen molar-refractivity contribution in [3.63, 3.8) is 0 Å². The largest absolute Gasteiger partial charge is 0.343 e. The molecular formula is C15H21N3O2S. The zero-order chi connectivity index (χ0) is 15.2. The third-order valence-corrected chi connectivity index (χ3v) is 5.93. The van der Waals surface area contributed by atoms with E-state index in [4.69, 9.17) is 0 Å². The Labute approximate surface area is 125 Å². The zero-order valence-corrected chi connectivity index (χ0v) is 13.5. The molecule has 0 N–H and O–H groups in total. The molecule has 0 saturated carbocycles. The summed E-state index contributed by atoms with van der Waals surface area (Å²) in [4.78, 5) is 4.24. The molecule has 5 nitrogen and oxygen atoms in total. The van der Waals surface area contributed by atoms with E-state index < -0.39 is 10.0 Å². The third-order valence-electron chi connectivity index (χ3n) is 4.59. The second-order valence-corrected chi connectivity index (χ2v) is 7.80. The number of hydrogen-bond donors (Lipinski definition) is 0. The first-order valence-corrected chi connectivity index (χ1v) is 9.15. The molecule has 0 fully saturated rings. The Hall–Kier alpha value is -1.40. The van der Waals surface area contributed by atoms with Crippen LogP contribution in [0.2, 0.25) is 0 Å². The van der Waals surface area contributed by atoms with Gasteiger partial charge in [0.25, 0.3) is 0 Å². The molecule has 114 valence electrons. The lowest BCUT2D eigenvalue weighted by Gasteiger charge is -2.31. The highest BCUT2D eigenvalue weighted by molar-refractivity contribution is 7.88. The van der Waals surface area contributed by atoms with Crippen LogP contribution in [-0.2, 0) is 29.4 Å². The average molecular weight is 307 g/mol. The monoisotopic (exact) mass is 307 g/mol. The first-order valence-electron chi connectivity index (χ1n) is 7.30. The van der Waals surface area contributed by atoms with Crippen molar-refractivity contribution in [2.75, 3.05) is 13.3 Å². The summed E-state index contributed by atoms with van der Waals surface area (Å²) in [6, 6.07) is 2.06. The average Bonchev–Trinajstić information content (AvgIpc) is 2.78. The fourth-order valence-electron chi connectivity index (χ4n) is 3.38. The van der Waals surface area contributed by atoms with E-state index in [2.05, 4.69) is 16.5 Å². The van der Waals surface area contributed by atoms with Crippen molar-refractivity contribution in [3.05, 3.63) is 29.7 Å². The summed E-state index contributed by atoms with van der Waals surface area (Å²) in [5, 5.41) is 1.21. The molecule has 3 heterocycles. The van der Waals surface area contributed by atoms with Gasteiger partial charge in [-0.1, -0.05) is 6.92 Å². The standard InChI is InChI=1S/C15H21N3O2S/c1-4-12-13-9-16-8-7-15(13)18-10-11(5-6-14(12)18)17(2)21(3,19)20/h7-9,11H,4-6,10H2,1-3H3. The van der Waals surface area contributed by atoms with Gasteiger partial charge >= 0.3 is 0 Å². The zero-order valence-electron chi connectivity index (χ0n) is 12.7. The lowest BCUT2D eigenvalue weighted by Crippen LogP contribution is -2.41. The van der Waals surface area contributed by atoms with Gasteiger partial charge in [0, 0.05) is 43.1 Å². The molecule has 0 radical (unpaired) electrons. The molecule has 21 heavy (non-hydrogen) atoms. The van der Waals surface area contributed by atoms with Gasteiger partial charge in [0.1, 0.15) is 0 Å². The molecule has 0 saturated heterocycles. The maximum atomic E-state index is 11.8. The minimum Gasteiger partial charge on any atom is -0.343 e. The highest BCUT2D eigenvalue weighted by atomic mass is 32.2. The Bertz CT molecular complexity index is 780. The van der Waals surface area contributed by atoms with Crippen LogP contribution in [0.4, 0.5) is 0 Å². The van der Waals surface area contributed by atoms with E-state index in [0.29, 0.717) is 0 Å². The third kappa shape index (κ3) is 2.36. The summed E-state index contributed by atoms with van der Waals surface area (Å²) in [6.07, 6.45) is 7.78. The summed E-state index contributed by atoms with van der Waals surface area (Å²) in [6.45, 7) is 2.89. The summed E-state index contributed by atoms with van der Waals surface area (Å²) in [7, 11) is -1.47. The van der Waals surface area contributed by atoms with E-state index in [1.807, 2.05) is 12.3 Å². The van der Waals surface area contributed by atoms with Gasteiger partial charge in [-0.3, -0.25) is 4.98 Å². The van der Waals surface area contributed by atoms with Crippen LogP contribution in [-0.4, -0.2) is 41.6 Å². The fraction of sp³-hybridized carbons (Fsp3) is 0.533. The lowest BCUT2D eigenvalue weighted by molar-refractivity contribution is 0.295. The van der Waals surface area contributed by atoms with Gasteiger partial charge in [0.05, 0.1) is 11.8 Å². The van der Waals surface area contributed by atoms with Crippen molar-refractivity contribution in [2.24, 2.45) is 0 Å². The number of fused-ring (bicyclic) bond motifs is 3. The lowest BCUT2D eigenvalue weighted by atomic mass is 10.0. The van der Waals surface area contributed by atoms with Gasteiger partial charge in [0.2, 0.25) is 10.0 Å². The molecular weight excluding hydrogens is 286 g/mol. The number of nitrogens with zero attached hydrogens (tertiary/aromatic N) is 3. The molecule has 0 spiro atoms. The Morgan fingerprint density at radius 2 is 2.24 bits per heavy atom. The summed E-state index contributed by atoms with van der Waals surface area (Å²) >= 11 is 0. The minimum absolute atomic E-state index is 0.0287. The molecule has 0 aliphatic carbocycles. The first kappa shape index (κ1) is 14.5. The molecule has 6 heteroatoms. The van der Waals surface area contributed by atoms with Gasteiger partial charge in [-0.25, -0.2) is 12.7 Å². The Morgan fingerprint density at radius 1 is 1.48 bits per heavy atom. The van der Waals surface area contributed by atoms with Crippen LogP contribution in [0.3, 0.4) is 0 Å². The van der Waals surface area contributed by atoms with E-state index in [0.717, 1.165) is 25.8 Å². The summed E-state index contributed by atoms with van der Waals surface area (Å²) in [5.74, 6) is 0. The highest BCUT2D eigenvalue weighted by Crippen LogP contribution is 2.32. The molecule has 0 amide bonds. The number of aromatic nitrogens is 2. The quantitative estimate of drug-likeness (QED) is 0.869. The van der Waals surface area contributed by atoms with Crippen molar-refractivity contribution >= 4 is 20.9 Å². The van der Waals surface area contributed by atoms with E-state index in [1.54, 1.807) is 13.2 Å². The first-order chi connectivity index (χ1) is 9.93. The molecule has 1 aliphatic rings. The molecule has 1 atom stereocenters. The predicted octanol–water partition coefficient (Wildman–Crippen LogP) is 1.80. The minimum atomic E-state index is -3.15. The van der Waals surface area contributed by atoms with Crippen molar-refractivity contribution in [1.29, 1.82) is 0 Å². The molecule has 0 bridgehead atoms. The van der Waals surface area contributed by atoms with Gasteiger partial charge in [-0.2, -0.15) is 0 Å². The number of sulfonamides is 1. The van der Waals surface area contributed by atoms with E-state index >= 15 is 0 Å². The van der Waals surface area contributed by atoms with Crippen LogP contribution in [0.25, 0.3) is 10.9 Å². The Morgan fingerprint density at radius 3 is 2.90 bits per heavy atom. The van der Waals surface area contributed by atoms with Gasteiger partial charge < -0.3 is 4.57 Å². The number of aryl methyl sites for hydroxylation is 1. The van der Waals surface area contributed by atoms with Crippen LogP contribution in [0.5, 0.6) is 0 Å². The van der Waals surface area contributed by atoms with Gasteiger partial charge in [-0.05, 0) is 30.9 Å². The molecule has 3 rings (SSSR count). The van der Waals surface area contributed by atoms with Crippen LogP contribution in [0.15, 0.2) is 18.5 Å². The smallest absolute Gasteiger partial charge is 0.211 e. The number of hydrogen-bond acceptors (Lipinski definition) is 3. The number of pyridine rings is 1. The fourth-order valence-corrected chi connectivity index (χ4v) is 4.09. The van der Waals surface area contributed by atoms with Crippen LogP contribution < -0.4 is 0 Å². The Kier molecular flexibility index (Phi) is 3.53. The molecule has 0 aromatic carbocycles. The molecule has 2 aromatic heterocycles. The van der Waals surface area contributed by atoms with Crippen molar-refractivity contribution in [3.8, 4) is 0 Å². The maximum absolute atomic E-state index is 11.8. The van der Waals surface area contributed by atoms with Crippen molar-refractivity contribution < 1.29 is 8.42 Å². The predicted molar refractivity (Wildman–Crippen MR) is 83.8 cm³/mol. The van der Waals surface area contributed by atoms with Crippen LogP contribution in [0, 0.1) is 0 Å². The van der Waals surface area contributed by atoms with E-state index in [1.165, 1.54) is 32.7 Å². The van der Waals surface area contributed by atoms with Crippen LogP contribution >= 0.6 is 0 Å². The normalized spacial score (nSPS) is 19.1. The number of rotatable bonds is 3. The SMILES string of the molecule is CCc1c2n(c3ccncc13)CC(N(C)S(C)(=O)=O)CC2. The second kappa shape index (κ2) is 5.10. The number of likely N-dealkylation sites (N-methyl/N-ethyl adjacent to an activating group) is 1. The summed E-state index contributed by atoms with van der Waals surface area (Å²) in [5.41, 5.74) is 3.88.